The minimum atomic E-state index is -0.551. The van der Waals surface area contributed by atoms with Gasteiger partial charge in [-0.05, 0) is 44.2 Å². The average molecular weight is 289 g/mol. The molecule has 0 heterocycles. The van der Waals surface area contributed by atoms with E-state index < -0.39 is 10.5 Å². The van der Waals surface area contributed by atoms with Crippen molar-refractivity contribution in [1.82, 2.24) is 0 Å². The first kappa shape index (κ1) is 15.3. The number of nitrogens with zero attached hydrogens (tertiary/aromatic N) is 2. The van der Waals surface area contributed by atoms with Crippen LogP contribution in [0.1, 0.15) is 44.6 Å². The standard InChI is InChI=1S/C15H19N3O3/c1-2-15(19)7-5-12(6-8-15)17-13-3-4-14(18(20)21)11(9-13)10-16/h3-4,9,12,17,19H,2,5-8H2,1H3. The van der Waals surface area contributed by atoms with Gasteiger partial charge in [-0.1, -0.05) is 6.92 Å². The SMILES string of the molecule is CCC1(O)CCC(Nc2ccc([N+](=O)[O-])c(C#N)c2)CC1. The van der Waals surface area contributed by atoms with E-state index in [9.17, 15) is 15.2 Å². The molecular formula is C15H19N3O3. The van der Waals surface area contributed by atoms with Crippen LogP contribution in [0, 0.1) is 21.4 Å². The van der Waals surface area contributed by atoms with Gasteiger partial charge in [0.05, 0.1) is 10.5 Å². The quantitative estimate of drug-likeness (QED) is 0.655. The van der Waals surface area contributed by atoms with E-state index in [-0.39, 0.29) is 17.3 Å². The van der Waals surface area contributed by atoms with Crippen molar-refractivity contribution in [3.05, 3.63) is 33.9 Å². The summed E-state index contributed by atoms with van der Waals surface area (Å²) in [4.78, 5) is 10.2. The van der Waals surface area contributed by atoms with Crippen LogP contribution in [-0.2, 0) is 0 Å². The van der Waals surface area contributed by atoms with Gasteiger partial charge >= 0.3 is 0 Å². The minimum Gasteiger partial charge on any atom is -0.390 e. The molecule has 1 saturated carbocycles. The molecule has 6 nitrogen and oxygen atoms in total. The Hall–Kier alpha value is -2.13. The largest absolute Gasteiger partial charge is 0.390 e. The molecule has 2 rings (SSSR count). The molecule has 0 amide bonds. The van der Waals surface area contributed by atoms with Gasteiger partial charge in [-0.15, -0.1) is 0 Å². The first-order valence-electron chi connectivity index (χ1n) is 7.15. The van der Waals surface area contributed by atoms with Crippen LogP contribution >= 0.6 is 0 Å². The summed E-state index contributed by atoms with van der Waals surface area (Å²) in [5, 5.41) is 33.3. The number of hydrogen-bond donors (Lipinski definition) is 2. The lowest BCUT2D eigenvalue weighted by molar-refractivity contribution is -0.385. The number of anilines is 1. The highest BCUT2D eigenvalue weighted by molar-refractivity contribution is 5.59. The van der Waals surface area contributed by atoms with E-state index in [1.807, 2.05) is 13.0 Å². The van der Waals surface area contributed by atoms with E-state index in [2.05, 4.69) is 5.32 Å². The fraction of sp³-hybridized carbons (Fsp3) is 0.533. The van der Waals surface area contributed by atoms with Crippen LogP contribution in [0.15, 0.2) is 18.2 Å². The van der Waals surface area contributed by atoms with Crippen molar-refractivity contribution >= 4 is 11.4 Å². The molecule has 0 radical (unpaired) electrons. The Kier molecular flexibility index (Phi) is 4.43. The third kappa shape index (κ3) is 3.50. The average Bonchev–Trinajstić information content (AvgIpc) is 2.49. The third-order valence-corrected chi connectivity index (χ3v) is 4.26. The molecule has 0 aliphatic heterocycles. The Morgan fingerprint density at radius 3 is 2.71 bits per heavy atom. The first-order chi connectivity index (χ1) is 9.97. The molecule has 1 aliphatic rings. The van der Waals surface area contributed by atoms with Crippen LogP contribution in [0.5, 0.6) is 0 Å². The van der Waals surface area contributed by atoms with Crippen LogP contribution in [0.25, 0.3) is 0 Å². The highest BCUT2D eigenvalue weighted by atomic mass is 16.6. The maximum atomic E-state index is 10.8. The fourth-order valence-corrected chi connectivity index (χ4v) is 2.76. The zero-order chi connectivity index (χ0) is 15.5. The van der Waals surface area contributed by atoms with Crippen LogP contribution in [0.4, 0.5) is 11.4 Å². The lowest BCUT2D eigenvalue weighted by Crippen LogP contribution is -2.37. The van der Waals surface area contributed by atoms with Crippen LogP contribution in [-0.4, -0.2) is 21.7 Å². The molecule has 112 valence electrons. The smallest absolute Gasteiger partial charge is 0.287 e. The highest BCUT2D eigenvalue weighted by Gasteiger charge is 2.31. The van der Waals surface area contributed by atoms with Gasteiger partial charge in [0.25, 0.3) is 5.69 Å². The molecule has 1 fully saturated rings. The summed E-state index contributed by atoms with van der Waals surface area (Å²) in [6, 6.07) is 6.57. The predicted molar refractivity (Wildman–Crippen MR) is 78.9 cm³/mol. The Balaban J connectivity index is 2.05. The van der Waals surface area contributed by atoms with Gasteiger partial charge in [-0.25, -0.2) is 0 Å². The highest BCUT2D eigenvalue weighted by Crippen LogP contribution is 2.32. The van der Waals surface area contributed by atoms with E-state index in [1.54, 1.807) is 6.07 Å². The van der Waals surface area contributed by atoms with Gasteiger partial charge in [0.15, 0.2) is 0 Å². The second kappa shape index (κ2) is 6.10. The number of nitrogens with one attached hydrogen (secondary N) is 1. The zero-order valence-electron chi connectivity index (χ0n) is 12.0. The summed E-state index contributed by atoms with van der Waals surface area (Å²) in [7, 11) is 0. The lowest BCUT2D eigenvalue weighted by atomic mass is 9.80. The van der Waals surface area contributed by atoms with Crippen molar-refractivity contribution in [2.45, 2.75) is 50.7 Å². The summed E-state index contributed by atoms with van der Waals surface area (Å²) in [5.74, 6) is 0. The van der Waals surface area contributed by atoms with Gasteiger partial charge in [0.1, 0.15) is 11.6 Å². The number of aliphatic hydroxyl groups is 1. The number of nitro groups is 1. The van der Waals surface area contributed by atoms with Crippen molar-refractivity contribution in [3.63, 3.8) is 0 Å². The van der Waals surface area contributed by atoms with Crippen molar-refractivity contribution in [2.75, 3.05) is 5.32 Å². The van der Waals surface area contributed by atoms with Crippen LogP contribution < -0.4 is 5.32 Å². The second-order valence-corrected chi connectivity index (χ2v) is 5.60. The maximum Gasteiger partial charge on any atom is 0.287 e. The number of rotatable bonds is 4. The summed E-state index contributed by atoms with van der Waals surface area (Å²) >= 11 is 0. The molecule has 2 N–H and O–H groups in total. The van der Waals surface area contributed by atoms with Crippen molar-refractivity contribution in [3.8, 4) is 6.07 Å². The van der Waals surface area contributed by atoms with Crippen molar-refractivity contribution in [2.24, 2.45) is 0 Å². The van der Waals surface area contributed by atoms with Gasteiger partial charge in [0, 0.05) is 17.8 Å². The molecule has 1 aliphatic carbocycles. The summed E-state index contributed by atoms with van der Waals surface area (Å²) in [5.41, 5.74) is 0.0490. The minimum absolute atomic E-state index is 0.0610. The third-order valence-electron chi connectivity index (χ3n) is 4.26. The topological polar surface area (TPSA) is 99.2 Å². The maximum absolute atomic E-state index is 10.8. The van der Waals surface area contributed by atoms with Gasteiger partial charge < -0.3 is 10.4 Å². The summed E-state index contributed by atoms with van der Waals surface area (Å²) in [6.45, 7) is 1.99. The van der Waals surface area contributed by atoms with E-state index in [0.29, 0.717) is 5.69 Å². The van der Waals surface area contributed by atoms with E-state index >= 15 is 0 Å². The number of hydrogen-bond acceptors (Lipinski definition) is 5. The van der Waals surface area contributed by atoms with Gasteiger partial charge in [-0.3, -0.25) is 10.1 Å². The zero-order valence-corrected chi connectivity index (χ0v) is 12.0. The second-order valence-electron chi connectivity index (χ2n) is 5.60. The van der Waals surface area contributed by atoms with E-state index in [1.165, 1.54) is 12.1 Å². The Bertz CT molecular complexity index is 572. The molecule has 0 aromatic heterocycles. The molecule has 0 unspecified atom stereocenters. The molecule has 1 aromatic carbocycles. The molecule has 0 spiro atoms. The first-order valence-corrected chi connectivity index (χ1v) is 7.15. The number of nitriles is 1. The van der Waals surface area contributed by atoms with Crippen LogP contribution in [0.2, 0.25) is 0 Å². The molecule has 6 heteroatoms. The molecule has 1 aromatic rings. The van der Waals surface area contributed by atoms with E-state index in [0.717, 1.165) is 32.1 Å². The summed E-state index contributed by atoms with van der Waals surface area (Å²) in [6.07, 6.45) is 3.96. The molecule has 0 bridgehead atoms. The van der Waals surface area contributed by atoms with E-state index in [4.69, 9.17) is 5.26 Å². The fourth-order valence-electron chi connectivity index (χ4n) is 2.76. The molecule has 0 atom stereocenters. The van der Waals surface area contributed by atoms with Crippen LogP contribution in [0.3, 0.4) is 0 Å². The number of nitro benzene ring substituents is 1. The number of benzene rings is 1. The molecule has 21 heavy (non-hydrogen) atoms. The van der Waals surface area contributed by atoms with Gasteiger partial charge in [-0.2, -0.15) is 5.26 Å². The predicted octanol–water partition coefficient (Wildman–Crippen LogP) is 2.96. The Morgan fingerprint density at radius 2 is 2.19 bits per heavy atom. The monoisotopic (exact) mass is 289 g/mol. The summed E-state index contributed by atoms with van der Waals surface area (Å²) < 4.78 is 0. The van der Waals surface area contributed by atoms with Gasteiger partial charge in [0.2, 0.25) is 0 Å². The Labute approximate surface area is 123 Å². The van der Waals surface area contributed by atoms with Crippen molar-refractivity contribution < 1.29 is 10.0 Å². The normalized spacial score (nSPS) is 25.1. The Morgan fingerprint density at radius 1 is 1.52 bits per heavy atom. The lowest BCUT2D eigenvalue weighted by Gasteiger charge is -2.36. The molecular weight excluding hydrogens is 270 g/mol. The van der Waals surface area contributed by atoms with Crippen molar-refractivity contribution in [1.29, 1.82) is 5.26 Å². The molecule has 0 saturated heterocycles.